The van der Waals surface area contributed by atoms with E-state index in [1.807, 2.05) is 0 Å². The normalized spacial score (nSPS) is 12.2. The summed E-state index contributed by atoms with van der Waals surface area (Å²) in [5.74, 6) is 0. The molecule has 0 spiro atoms. The standard InChI is InChI=1S/2C2F3O.Tl/c2*3-2(4,5)1-6;. The van der Waals surface area contributed by atoms with Crippen LogP contribution in [0.15, 0.2) is 0 Å². The minimum absolute atomic E-state index is 2.49. The fourth-order valence-electron chi connectivity index (χ4n) is 0.283. The number of carbonyl (C=O) groups excluding carboxylic acids is 2. The first-order valence-corrected chi connectivity index (χ1v) is 7.11. The Morgan fingerprint density at radius 1 is 0.769 bits per heavy atom. The van der Waals surface area contributed by atoms with Gasteiger partial charge in [-0.3, -0.25) is 0 Å². The molecule has 0 aromatic heterocycles. The topological polar surface area (TPSA) is 34.1 Å². The number of alkyl halides is 6. The fourth-order valence-corrected chi connectivity index (χ4v) is 2.48. The molecular weight excluding hydrogens is 398 g/mol. The van der Waals surface area contributed by atoms with Crippen LogP contribution >= 0.6 is 0 Å². The summed E-state index contributed by atoms with van der Waals surface area (Å²) in [5, 5.41) is 0. The van der Waals surface area contributed by atoms with Crippen molar-refractivity contribution in [3.05, 3.63) is 0 Å². The summed E-state index contributed by atoms with van der Waals surface area (Å²) in [6.07, 6.45) is -10.6. The zero-order valence-corrected chi connectivity index (χ0v) is 10.2. The summed E-state index contributed by atoms with van der Waals surface area (Å²) in [4.78, 5) is 19.9. The molecule has 0 aromatic rings. The second-order valence-electron chi connectivity index (χ2n) is 1.87. The van der Waals surface area contributed by atoms with Crippen molar-refractivity contribution < 1.29 is 35.9 Å². The van der Waals surface area contributed by atoms with Crippen LogP contribution in [0.25, 0.3) is 0 Å². The van der Waals surface area contributed by atoms with Gasteiger partial charge in [-0.15, -0.1) is 0 Å². The predicted octanol–water partition coefficient (Wildman–Crippen LogP) is 0.868. The molecule has 0 aromatic carbocycles. The Kier molecular flexibility index (Phi) is 3.87. The molecular formula is C4F6O2Tl. The molecule has 0 fully saturated rings. The average molecular weight is 398 g/mol. The molecule has 2 nitrogen and oxygen atoms in total. The molecule has 0 saturated carbocycles. The molecule has 0 bridgehead atoms. The molecule has 0 rings (SSSR count). The number of carbonyl (C=O) groups is 2. The second-order valence-corrected chi connectivity index (χ2v) is 7.07. The van der Waals surface area contributed by atoms with Crippen LogP contribution in [0.1, 0.15) is 0 Å². The van der Waals surface area contributed by atoms with Gasteiger partial charge in [0.25, 0.3) is 0 Å². The third kappa shape index (κ3) is 4.57. The van der Waals surface area contributed by atoms with E-state index in [0.29, 0.717) is 0 Å². The van der Waals surface area contributed by atoms with Gasteiger partial charge in [-0.25, -0.2) is 0 Å². The maximum absolute atomic E-state index is 11.4. The summed E-state index contributed by atoms with van der Waals surface area (Å²) in [7, 11) is 0. The summed E-state index contributed by atoms with van der Waals surface area (Å²) >= 11 is -4.12. The third-order valence-electron chi connectivity index (χ3n) is 0.821. The number of hydrogen-bond acceptors (Lipinski definition) is 2. The molecule has 0 aliphatic carbocycles. The van der Waals surface area contributed by atoms with Gasteiger partial charge in [0.05, 0.1) is 0 Å². The summed E-state index contributed by atoms with van der Waals surface area (Å²) < 4.78 is 63.3. The van der Waals surface area contributed by atoms with Crippen LogP contribution in [-0.4, -0.2) is 43.3 Å². The Labute approximate surface area is 79.5 Å². The van der Waals surface area contributed by atoms with Crippen LogP contribution in [0.5, 0.6) is 0 Å². The van der Waals surface area contributed by atoms with E-state index in [4.69, 9.17) is 0 Å². The van der Waals surface area contributed by atoms with Crippen molar-refractivity contribution in [1.29, 1.82) is 0 Å². The van der Waals surface area contributed by atoms with Crippen molar-refractivity contribution in [3.63, 3.8) is 0 Å². The molecule has 9 heteroatoms. The van der Waals surface area contributed by atoms with Crippen LogP contribution in [0.4, 0.5) is 26.3 Å². The molecule has 0 aliphatic heterocycles. The van der Waals surface area contributed by atoms with E-state index in [9.17, 15) is 35.9 Å². The SMILES string of the molecule is O=[C]([Tl][C](=O)C(F)(F)F)C(F)(F)F. The molecule has 0 aliphatic rings. The van der Waals surface area contributed by atoms with Crippen LogP contribution in [0.2, 0.25) is 0 Å². The van der Waals surface area contributed by atoms with Crippen molar-refractivity contribution in [2.24, 2.45) is 0 Å². The minimum atomic E-state index is -5.31. The second kappa shape index (κ2) is 3.92. The molecule has 0 saturated heterocycles. The molecule has 0 unspecified atom stereocenters. The Morgan fingerprint density at radius 3 is 1.15 bits per heavy atom. The van der Waals surface area contributed by atoms with E-state index in [-0.39, 0.29) is 0 Å². The first kappa shape index (κ1) is 12.8. The molecule has 0 radical (unpaired) electrons. The maximum atomic E-state index is 11.4. The fraction of sp³-hybridized carbons (Fsp3) is 0.500. The van der Waals surface area contributed by atoms with E-state index in [2.05, 4.69) is 0 Å². The van der Waals surface area contributed by atoms with Crippen LogP contribution in [0, 0.1) is 0 Å². The molecule has 13 heavy (non-hydrogen) atoms. The van der Waals surface area contributed by atoms with Gasteiger partial charge in [-0.05, 0) is 0 Å². The van der Waals surface area contributed by atoms with Crippen LogP contribution in [-0.2, 0) is 9.59 Å². The van der Waals surface area contributed by atoms with E-state index in [1.54, 1.807) is 0 Å². The predicted molar refractivity (Wildman–Crippen MR) is 27.9 cm³/mol. The van der Waals surface area contributed by atoms with Crippen molar-refractivity contribution in [3.8, 4) is 0 Å². The van der Waals surface area contributed by atoms with E-state index >= 15 is 0 Å². The first-order chi connectivity index (χ1) is 5.55. The number of halogens is 6. The quantitative estimate of drug-likeness (QED) is 0.511. The molecule has 0 atom stereocenters. The van der Waals surface area contributed by atoms with Gasteiger partial charge in [0.1, 0.15) is 0 Å². The zero-order valence-electron chi connectivity index (χ0n) is 5.66. The van der Waals surface area contributed by atoms with E-state index in [0.717, 1.165) is 0 Å². The number of rotatable bonds is 2. The van der Waals surface area contributed by atoms with E-state index < -0.39 is 43.3 Å². The average Bonchev–Trinajstić information content (AvgIpc) is 1.82. The zero-order chi connectivity index (χ0) is 10.9. The Hall–Kier alpha value is -0.158. The van der Waals surface area contributed by atoms with Gasteiger partial charge in [0, 0.05) is 0 Å². The first-order valence-electron chi connectivity index (χ1n) is 2.62. The van der Waals surface area contributed by atoms with Gasteiger partial charge in [0.2, 0.25) is 0 Å². The summed E-state index contributed by atoms with van der Waals surface area (Å²) in [6, 6.07) is 0. The van der Waals surface area contributed by atoms with Crippen LogP contribution in [0.3, 0.4) is 0 Å². The van der Waals surface area contributed by atoms with Gasteiger partial charge >= 0.3 is 79.2 Å². The van der Waals surface area contributed by atoms with E-state index in [1.165, 1.54) is 0 Å². The Morgan fingerprint density at radius 2 is 1.00 bits per heavy atom. The summed E-state index contributed by atoms with van der Waals surface area (Å²) in [5.41, 5.74) is 0. The van der Waals surface area contributed by atoms with Crippen molar-refractivity contribution >= 4 is 30.9 Å². The summed E-state index contributed by atoms with van der Waals surface area (Å²) in [6.45, 7) is 0. The molecule has 0 heterocycles. The van der Waals surface area contributed by atoms with Gasteiger partial charge in [-0.1, -0.05) is 0 Å². The van der Waals surface area contributed by atoms with Gasteiger partial charge in [0.15, 0.2) is 0 Å². The Balaban J connectivity index is 4.34. The molecule has 0 amide bonds. The van der Waals surface area contributed by atoms with Crippen LogP contribution < -0.4 is 0 Å². The number of hydrogen-bond donors (Lipinski definition) is 0. The van der Waals surface area contributed by atoms with Crippen molar-refractivity contribution in [2.75, 3.05) is 0 Å². The molecule has 0 N–H and O–H groups in total. The van der Waals surface area contributed by atoms with Gasteiger partial charge in [-0.2, -0.15) is 0 Å². The van der Waals surface area contributed by atoms with Crippen molar-refractivity contribution in [2.45, 2.75) is 12.4 Å². The Bertz CT molecular complexity index is 204. The molecule has 73 valence electrons. The van der Waals surface area contributed by atoms with Crippen molar-refractivity contribution in [1.82, 2.24) is 0 Å². The third-order valence-corrected chi connectivity index (χ3v) is 5.40. The monoisotopic (exact) mass is 399 g/mol. The van der Waals surface area contributed by atoms with Gasteiger partial charge < -0.3 is 0 Å².